The normalized spacial score (nSPS) is 10.4. The highest BCUT2D eigenvalue weighted by Crippen LogP contribution is 2.16. The number of anilines is 1. The van der Waals surface area contributed by atoms with E-state index in [1.165, 1.54) is 0 Å². The molecule has 0 bridgehead atoms. The fourth-order valence-corrected chi connectivity index (χ4v) is 2.66. The van der Waals surface area contributed by atoms with Crippen LogP contribution in [0, 0.1) is 13.8 Å². The lowest BCUT2D eigenvalue weighted by Crippen LogP contribution is -2.12. The molecule has 0 saturated carbocycles. The van der Waals surface area contributed by atoms with E-state index in [2.05, 4.69) is 15.3 Å². The van der Waals surface area contributed by atoms with E-state index in [0.29, 0.717) is 23.7 Å². The van der Waals surface area contributed by atoms with E-state index in [0.717, 1.165) is 16.3 Å². The van der Waals surface area contributed by atoms with Crippen molar-refractivity contribution in [1.82, 2.24) is 9.97 Å². The number of rotatable bonds is 5. The van der Waals surface area contributed by atoms with Crippen LogP contribution in [0.15, 0.2) is 48.0 Å². The summed E-state index contributed by atoms with van der Waals surface area (Å²) in [5.41, 5.74) is 2.50. The van der Waals surface area contributed by atoms with E-state index >= 15 is 0 Å². The van der Waals surface area contributed by atoms with Gasteiger partial charge >= 0.3 is 0 Å². The monoisotopic (exact) mass is 339 g/mol. The highest BCUT2D eigenvalue weighted by Gasteiger charge is 2.07. The van der Waals surface area contributed by atoms with Gasteiger partial charge in [-0.05, 0) is 49.7 Å². The number of hydrogen-bond donors (Lipinski definition) is 1. The SMILES string of the molecule is Cc1ccc(NC(=O)c2ccc(OCc3csc(C)n3)cc2)nc1. The van der Waals surface area contributed by atoms with Crippen LogP contribution in [-0.2, 0) is 6.61 Å². The Labute approximate surface area is 144 Å². The van der Waals surface area contributed by atoms with Crippen LogP contribution in [0.2, 0.25) is 0 Å². The quantitative estimate of drug-likeness (QED) is 0.763. The molecular formula is C18H17N3O2S. The number of nitrogens with zero attached hydrogens (tertiary/aromatic N) is 2. The number of carbonyl (C=O) groups excluding carboxylic acids is 1. The summed E-state index contributed by atoms with van der Waals surface area (Å²) < 4.78 is 5.67. The number of hydrogen-bond acceptors (Lipinski definition) is 5. The lowest BCUT2D eigenvalue weighted by Gasteiger charge is -2.07. The summed E-state index contributed by atoms with van der Waals surface area (Å²) in [6, 6.07) is 10.7. The Kier molecular flexibility index (Phi) is 4.86. The van der Waals surface area contributed by atoms with Gasteiger partial charge in [-0.1, -0.05) is 6.07 Å². The number of ether oxygens (including phenoxy) is 1. The molecule has 0 atom stereocenters. The maximum Gasteiger partial charge on any atom is 0.256 e. The standard InChI is InChI=1S/C18H17N3O2S/c1-12-3-8-17(19-9-12)21-18(22)14-4-6-16(7-5-14)23-10-15-11-24-13(2)20-15/h3-9,11H,10H2,1-2H3,(H,19,21,22). The van der Waals surface area contributed by atoms with E-state index in [1.54, 1.807) is 47.9 Å². The van der Waals surface area contributed by atoms with Crippen LogP contribution in [-0.4, -0.2) is 15.9 Å². The average Bonchev–Trinajstić information content (AvgIpc) is 3.01. The molecular weight excluding hydrogens is 322 g/mol. The summed E-state index contributed by atoms with van der Waals surface area (Å²) in [5.74, 6) is 1.03. The fraction of sp³-hybridized carbons (Fsp3) is 0.167. The molecule has 0 aliphatic carbocycles. The Morgan fingerprint density at radius 1 is 1.17 bits per heavy atom. The molecule has 5 nitrogen and oxygen atoms in total. The van der Waals surface area contributed by atoms with Gasteiger partial charge in [0.05, 0.1) is 10.7 Å². The Balaban J connectivity index is 1.59. The van der Waals surface area contributed by atoms with Crippen molar-refractivity contribution < 1.29 is 9.53 Å². The van der Waals surface area contributed by atoms with Gasteiger partial charge in [-0.25, -0.2) is 9.97 Å². The van der Waals surface area contributed by atoms with E-state index in [4.69, 9.17) is 4.74 Å². The second-order valence-corrected chi connectivity index (χ2v) is 6.41. The predicted octanol–water partition coefficient (Wildman–Crippen LogP) is 3.99. The molecule has 0 aliphatic rings. The molecule has 1 N–H and O–H groups in total. The van der Waals surface area contributed by atoms with Gasteiger partial charge in [-0.2, -0.15) is 0 Å². The summed E-state index contributed by atoms with van der Waals surface area (Å²) in [4.78, 5) is 20.7. The van der Waals surface area contributed by atoms with Gasteiger partial charge < -0.3 is 10.1 Å². The average molecular weight is 339 g/mol. The maximum atomic E-state index is 12.2. The van der Waals surface area contributed by atoms with E-state index in [9.17, 15) is 4.79 Å². The van der Waals surface area contributed by atoms with Gasteiger partial charge in [0, 0.05) is 17.1 Å². The van der Waals surface area contributed by atoms with Gasteiger partial charge in [-0.3, -0.25) is 4.79 Å². The molecule has 0 aliphatic heterocycles. The molecule has 2 heterocycles. The largest absolute Gasteiger partial charge is 0.487 e. The second kappa shape index (κ2) is 7.23. The van der Waals surface area contributed by atoms with Crippen molar-refractivity contribution in [3.8, 4) is 5.75 Å². The fourth-order valence-electron chi connectivity index (χ4n) is 2.06. The van der Waals surface area contributed by atoms with E-state index in [1.807, 2.05) is 25.3 Å². The summed E-state index contributed by atoms with van der Waals surface area (Å²) in [7, 11) is 0. The molecule has 6 heteroatoms. The first-order valence-corrected chi connectivity index (χ1v) is 8.36. The zero-order valence-electron chi connectivity index (χ0n) is 13.4. The molecule has 0 unspecified atom stereocenters. The number of aryl methyl sites for hydroxylation is 2. The van der Waals surface area contributed by atoms with Crippen LogP contribution in [0.1, 0.15) is 26.6 Å². The molecule has 1 aromatic carbocycles. The highest BCUT2D eigenvalue weighted by atomic mass is 32.1. The van der Waals surface area contributed by atoms with E-state index < -0.39 is 0 Å². The van der Waals surface area contributed by atoms with Gasteiger partial charge in [-0.15, -0.1) is 11.3 Å². The molecule has 1 amide bonds. The van der Waals surface area contributed by atoms with Gasteiger partial charge in [0.2, 0.25) is 0 Å². The van der Waals surface area contributed by atoms with Crippen molar-refractivity contribution in [3.05, 3.63) is 69.8 Å². The molecule has 122 valence electrons. The van der Waals surface area contributed by atoms with E-state index in [-0.39, 0.29) is 5.91 Å². The second-order valence-electron chi connectivity index (χ2n) is 5.35. The minimum absolute atomic E-state index is 0.201. The minimum atomic E-state index is -0.201. The van der Waals surface area contributed by atoms with Crippen LogP contribution in [0.25, 0.3) is 0 Å². The van der Waals surface area contributed by atoms with Gasteiger partial charge in [0.25, 0.3) is 5.91 Å². The molecule has 2 aromatic heterocycles. The predicted molar refractivity (Wildman–Crippen MR) is 94.6 cm³/mol. The lowest BCUT2D eigenvalue weighted by molar-refractivity contribution is 0.102. The highest BCUT2D eigenvalue weighted by molar-refractivity contribution is 7.09. The first kappa shape index (κ1) is 16.1. The Morgan fingerprint density at radius 2 is 1.96 bits per heavy atom. The third-order valence-electron chi connectivity index (χ3n) is 3.32. The van der Waals surface area contributed by atoms with Gasteiger partial charge in [0.1, 0.15) is 18.2 Å². The third kappa shape index (κ3) is 4.17. The number of carbonyl (C=O) groups is 1. The Hall–Kier alpha value is -2.73. The first-order valence-electron chi connectivity index (χ1n) is 7.48. The molecule has 0 fully saturated rings. The van der Waals surface area contributed by atoms with Crippen LogP contribution in [0.3, 0.4) is 0 Å². The van der Waals surface area contributed by atoms with Crippen molar-refractivity contribution in [2.75, 3.05) is 5.32 Å². The molecule has 3 aromatic rings. The molecule has 0 spiro atoms. The zero-order chi connectivity index (χ0) is 16.9. The van der Waals surface area contributed by atoms with Crippen LogP contribution >= 0.6 is 11.3 Å². The topological polar surface area (TPSA) is 64.1 Å². The number of amides is 1. The van der Waals surface area contributed by atoms with Crippen molar-refractivity contribution in [2.45, 2.75) is 20.5 Å². The molecule has 24 heavy (non-hydrogen) atoms. The lowest BCUT2D eigenvalue weighted by atomic mass is 10.2. The van der Waals surface area contributed by atoms with Crippen molar-refractivity contribution in [1.29, 1.82) is 0 Å². The number of nitrogens with one attached hydrogen (secondary N) is 1. The summed E-state index contributed by atoms with van der Waals surface area (Å²) in [5, 5.41) is 5.76. The van der Waals surface area contributed by atoms with Crippen molar-refractivity contribution in [2.24, 2.45) is 0 Å². The minimum Gasteiger partial charge on any atom is -0.487 e. The van der Waals surface area contributed by atoms with Crippen LogP contribution in [0.4, 0.5) is 5.82 Å². The van der Waals surface area contributed by atoms with Crippen molar-refractivity contribution >= 4 is 23.1 Å². The number of aromatic nitrogens is 2. The third-order valence-corrected chi connectivity index (χ3v) is 4.15. The van der Waals surface area contributed by atoms with Gasteiger partial charge in [0.15, 0.2) is 0 Å². The Bertz CT molecular complexity index is 826. The summed E-state index contributed by atoms with van der Waals surface area (Å²) in [6.45, 7) is 4.33. The Morgan fingerprint density at radius 3 is 2.58 bits per heavy atom. The van der Waals surface area contributed by atoms with Crippen LogP contribution < -0.4 is 10.1 Å². The number of benzene rings is 1. The summed E-state index contributed by atoms with van der Waals surface area (Å²) >= 11 is 1.60. The maximum absolute atomic E-state index is 12.2. The number of pyridine rings is 1. The summed E-state index contributed by atoms with van der Waals surface area (Å²) in [6.07, 6.45) is 1.72. The number of thiazole rings is 1. The molecule has 0 radical (unpaired) electrons. The van der Waals surface area contributed by atoms with Crippen molar-refractivity contribution in [3.63, 3.8) is 0 Å². The van der Waals surface area contributed by atoms with Crippen LogP contribution in [0.5, 0.6) is 5.75 Å². The smallest absolute Gasteiger partial charge is 0.256 e. The first-order chi connectivity index (χ1) is 11.6. The molecule has 3 rings (SSSR count). The molecule has 0 saturated heterocycles. The zero-order valence-corrected chi connectivity index (χ0v) is 14.3.